The summed E-state index contributed by atoms with van der Waals surface area (Å²) in [6, 6.07) is 15.8. The Hall–Kier alpha value is -3.68. The van der Waals surface area contributed by atoms with Crippen LogP contribution in [0.1, 0.15) is 38.3 Å². The second kappa shape index (κ2) is 12.1. The van der Waals surface area contributed by atoms with Gasteiger partial charge in [0.15, 0.2) is 0 Å². The van der Waals surface area contributed by atoms with Gasteiger partial charge in [-0.3, -0.25) is 14.4 Å². The molecule has 3 N–H and O–H groups in total. The van der Waals surface area contributed by atoms with E-state index in [0.717, 1.165) is 11.1 Å². The van der Waals surface area contributed by atoms with Crippen LogP contribution in [0.25, 0.3) is 0 Å². The van der Waals surface area contributed by atoms with E-state index in [0.29, 0.717) is 0 Å². The van der Waals surface area contributed by atoms with Crippen LogP contribution in [-0.4, -0.2) is 47.9 Å². The Bertz CT molecular complexity index is 1030. The van der Waals surface area contributed by atoms with Gasteiger partial charge in [-0.15, -0.1) is 0 Å². The number of ether oxygens (including phenoxy) is 1. The summed E-state index contributed by atoms with van der Waals surface area (Å²) < 4.78 is 5.72. The van der Waals surface area contributed by atoms with Crippen LogP contribution in [-0.2, 0) is 36.8 Å². The molecular weight excluding hydrogens is 446 g/mol. The molecule has 0 spiro atoms. The lowest BCUT2D eigenvalue weighted by Crippen LogP contribution is -2.55. The van der Waals surface area contributed by atoms with Crippen molar-refractivity contribution in [2.24, 2.45) is 5.92 Å². The Morgan fingerprint density at radius 3 is 1.86 bits per heavy atom. The number of hydrogen-bond donors (Lipinski definition) is 3. The highest BCUT2D eigenvalue weighted by Crippen LogP contribution is 2.15. The highest BCUT2D eigenvalue weighted by molar-refractivity contribution is 5.94. The monoisotopic (exact) mass is 479 g/mol. The zero-order valence-electron chi connectivity index (χ0n) is 20.3. The van der Waals surface area contributed by atoms with Crippen molar-refractivity contribution in [3.63, 3.8) is 0 Å². The Labute approximate surface area is 205 Å². The minimum absolute atomic E-state index is 0.0937. The van der Waals surface area contributed by atoms with E-state index in [1.165, 1.54) is 6.92 Å². The van der Waals surface area contributed by atoms with Crippen LogP contribution in [0, 0.1) is 5.92 Å². The second-order valence-electron chi connectivity index (χ2n) is 9.21. The predicted octanol–water partition coefficient (Wildman–Crippen LogP) is 1.92. The second-order valence-corrected chi connectivity index (χ2v) is 9.21. The molecule has 0 bridgehead atoms. The van der Waals surface area contributed by atoms with Crippen LogP contribution in [0.5, 0.6) is 0 Å². The smallest absolute Gasteiger partial charge is 0.329 e. The van der Waals surface area contributed by atoms with Crippen molar-refractivity contribution in [1.29, 1.82) is 0 Å². The zero-order valence-corrected chi connectivity index (χ0v) is 20.3. The van der Waals surface area contributed by atoms with Crippen LogP contribution in [0.2, 0.25) is 0 Å². The molecule has 4 atom stereocenters. The number of hydrogen-bond acceptors (Lipinski definition) is 5. The van der Waals surface area contributed by atoms with Crippen molar-refractivity contribution >= 4 is 23.7 Å². The molecule has 8 heteroatoms. The third-order valence-corrected chi connectivity index (χ3v) is 5.97. The molecule has 2 aromatic rings. The lowest BCUT2D eigenvalue weighted by atomic mass is 10.0. The van der Waals surface area contributed by atoms with Crippen molar-refractivity contribution in [3.8, 4) is 0 Å². The fourth-order valence-corrected chi connectivity index (χ4v) is 3.86. The molecule has 1 saturated heterocycles. The van der Waals surface area contributed by atoms with E-state index >= 15 is 0 Å². The van der Waals surface area contributed by atoms with Crippen LogP contribution < -0.4 is 16.0 Å². The molecule has 1 aliphatic rings. The van der Waals surface area contributed by atoms with Crippen molar-refractivity contribution in [2.75, 3.05) is 0 Å². The lowest BCUT2D eigenvalue weighted by molar-refractivity contribution is -0.156. The summed E-state index contributed by atoms with van der Waals surface area (Å²) in [6.45, 7) is 5.24. The minimum atomic E-state index is -0.963. The maximum atomic E-state index is 13.1. The van der Waals surface area contributed by atoms with Crippen LogP contribution in [0.15, 0.2) is 60.7 Å². The van der Waals surface area contributed by atoms with Gasteiger partial charge in [0.1, 0.15) is 24.2 Å². The molecule has 8 nitrogen and oxygen atoms in total. The largest absolute Gasteiger partial charge is 0.460 e. The van der Waals surface area contributed by atoms with E-state index in [-0.39, 0.29) is 25.2 Å². The van der Waals surface area contributed by atoms with Crippen LogP contribution in [0.4, 0.5) is 0 Å². The standard InChI is InChI=1S/C27H33N3O5/c1-17(2)23-16-24(31)29-21(14-19-10-6-4-7-11-19)26(33)28-18(3)25(32)30-22(27(34)35-23)15-20-12-8-5-9-13-20/h4-13,17-18,21-23H,14-16H2,1-3H3,(H,28,33)(H,29,31)(H,30,32)/t18-,21-,22+,23+/m0/s1. The minimum Gasteiger partial charge on any atom is -0.460 e. The van der Waals surface area contributed by atoms with Gasteiger partial charge in [-0.25, -0.2) is 4.79 Å². The Morgan fingerprint density at radius 1 is 0.771 bits per heavy atom. The number of rotatable bonds is 5. The first-order valence-corrected chi connectivity index (χ1v) is 11.9. The molecule has 186 valence electrons. The van der Waals surface area contributed by atoms with Gasteiger partial charge >= 0.3 is 5.97 Å². The number of esters is 1. The molecular formula is C27H33N3O5. The number of benzene rings is 2. The maximum absolute atomic E-state index is 13.1. The maximum Gasteiger partial charge on any atom is 0.329 e. The average molecular weight is 480 g/mol. The third kappa shape index (κ3) is 7.67. The molecule has 1 aliphatic heterocycles. The van der Waals surface area contributed by atoms with E-state index in [9.17, 15) is 19.2 Å². The van der Waals surface area contributed by atoms with E-state index in [4.69, 9.17) is 4.74 Å². The van der Waals surface area contributed by atoms with E-state index in [1.54, 1.807) is 0 Å². The molecule has 2 aromatic carbocycles. The van der Waals surface area contributed by atoms with Gasteiger partial charge < -0.3 is 20.7 Å². The summed E-state index contributed by atoms with van der Waals surface area (Å²) in [7, 11) is 0. The zero-order chi connectivity index (χ0) is 25.4. The Morgan fingerprint density at radius 2 is 1.31 bits per heavy atom. The quantitative estimate of drug-likeness (QED) is 0.567. The average Bonchev–Trinajstić information content (AvgIpc) is 2.83. The molecule has 1 fully saturated rings. The van der Waals surface area contributed by atoms with Gasteiger partial charge in [0, 0.05) is 12.8 Å². The predicted molar refractivity (Wildman–Crippen MR) is 131 cm³/mol. The molecule has 0 unspecified atom stereocenters. The van der Waals surface area contributed by atoms with Crippen molar-refractivity contribution in [3.05, 3.63) is 71.8 Å². The molecule has 1 heterocycles. The molecule has 3 amide bonds. The summed E-state index contributed by atoms with van der Waals surface area (Å²) in [5.41, 5.74) is 1.71. The molecule has 0 aliphatic carbocycles. The molecule has 3 rings (SSSR count). The van der Waals surface area contributed by atoms with Gasteiger partial charge in [-0.2, -0.15) is 0 Å². The third-order valence-electron chi connectivity index (χ3n) is 5.97. The summed E-state index contributed by atoms with van der Waals surface area (Å²) in [5.74, 6) is -2.16. The Kier molecular flexibility index (Phi) is 9.00. The first kappa shape index (κ1) is 25.9. The number of carbonyl (C=O) groups excluding carboxylic acids is 4. The van der Waals surface area contributed by atoms with Crippen molar-refractivity contribution in [2.45, 2.75) is 64.3 Å². The van der Waals surface area contributed by atoms with E-state index in [2.05, 4.69) is 16.0 Å². The fraction of sp³-hybridized carbons (Fsp3) is 0.407. The summed E-state index contributed by atoms with van der Waals surface area (Å²) in [6.07, 6.45) is -0.324. The summed E-state index contributed by atoms with van der Waals surface area (Å²) in [5, 5.41) is 8.17. The van der Waals surface area contributed by atoms with Gasteiger partial charge in [-0.1, -0.05) is 74.5 Å². The first-order valence-electron chi connectivity index (χ1n) is 11.9. The SMILES string of the molecule is CC(C)[C@H]1CC(=O)N[C@@H](Cc2ccccc2)C(=O)N[C@@H](C)C(=O)N[C@H](Cc2ccccc2)C(=O)O1. The summed E-state index contributed by atoms with van der Waals surface area (Å²) >= 11 is 0. The van der Waals surface area contributed by atoms with Crippen LogP contribution >= 0.6 is 0 Å². The van der Waals surface area contributed by atoms with E-state index < -0.39 is 47.9 Å². The van der Waals surface area contributed by atoms with Gasteiger partial charge in [0.2, 0.25) is 17.7 Å². The highest BCUT2D eigenvalue weighted by Gasteiger charge is 2.32. The Balaban J connectivity index is 1.87. The summed E-state index contributed by atoms with van der Waals surface area (Å²) in [4.78, 5) is 52.0. The van der Waals surface area contributed by atoms with Crippen molar-refractivity contribution < 1.29 is 23.9 Å². The normalized spacial score (nSPS) is 24.2. The molecule has 0 aromatic heterocycles. The van der Waals surface area contributed by atoms with E-state index in [1.807, 2.05) is 74.5 Å². The number of carbonyl (C=O) groups is 4. The number of cyclic esters (lactones) is 1. The molecule has 0 saturated carbocycles. The molecule has 0 radical (unpaired) electrons. The lowest BCUT2D eigenvalue weighted by Gasteiger charge is -2.25. The number of amides is 3. The number of nitrogens with one attached hydrogen (secondary N) is 3. The first-order chi connectivity index (χ1) is 16.7. The van der Waals surface area contributed by atoms with Crippen molar-refractivity contribution in [1.82, 2.24) is 16.0 Å². The fourth-order valence-electron chi connectivity index (χ4n) is 3.86. The van der Waals surface area contributed by atoms with Crippen LogP contribution in [0.3, 0.4) is 0 Å². The molecule has 35 heavy (non-hydrogen) atoms. The topological polar surface area (TPSA) is 114 Å². The van der Waals surface area contributed by atoms with Gasteiger partial charge in [-0.05, 0) is 24.0 Å². The van der Waals surface area contributed by atoms with Gasteiger partial charge in [0.25, 0.3) is 0 Å². The highest BCUT2D eigenvalue weighted by atomic mass is 16.5. The van der Waals surface area contributed by atoms with Gasteiger partial charge in [0.05, 0.1) is 6.42 Å².